The van der Waals surface area contributed by atoms with Gasteiger partial charge in [-0.25, -0.2) is 4.98 Å². The van der Waals surface area contributed by atoms with Crippen LogP contribution in [-0.4, -0.2) is 23.1 Å². The summed E-state index contributed by atoms with van der Waals surface area (Å²) in [7, 11) is 0. The molecule has 0 atom stereocenters. The highest BCUT2D eigenvalue weighted by atomic mass is 15.2. The van der Waals surface area contributed by atoms with Crippen LogP contribution in [0.3, 0.4) is 0 Å². The van der Waals surface area contributed by atoms with E-state index in [4.69, 9.17) is 4.98 Å². The molecule has 4 heteroatoms. The number of nitrogens with one attached hydrogen (secondary N) is 1. The number of benzene rings is 1. The van der Waals surface area contributed by atoms with Crippen molar-refractivity contribution in [3.05, 3.63) is 41.1 Å². The Labute approximate surface area is 133 Å². The summed E-state index contributed by atoms with van der Waals surface area (Å²) in [5.41, 5.74) is 4.61. The van der Waals surface area contributed by atoms with Crippen molar-refractivity contribution in [3.63, 3.8) is 0 Å². The van der Waals surface area contributed by atoms with Gasteiger partial charge in [-0.1, -0.05) is 25.1 Å². The Morgan fingerprint density at radius 2 is 1.77 bits per heavy atom. The highest BCUT2D eigenvalue weighted by molar-refractivity contribution is 5.64. The number of anilines is 3. The molecule has 0 aliphatic carbocycles. The number of hydrogen-bond donors (Lipinski definition) is 1. The van der Waals surface area contributed by atoms with Crippen molar-refractivity contribution in [1.82, 2.24) is 9.97 Å². The molecule has 0 fully saturated rings. The normalized spacial score (nSPS) is 10.6. The summed E-state index contributed by atoms with van der Waals surface area (Å²) in [5, 5.41) is 3.43. The highest BCUT2D eigenvalue weighted by Crippen LogP contribution is 2.25. The first kappa shape index (κ1) is 16.3. The first-order valence-corrected chi connectivity index (χ1v) is 8.05. The Morgan fingerprint density at radius 3 is 2.41 bits per heavy atom. The lowest BCUT2D eigenvalue weighted by molar-refractivity contribution is 0.840. The van der Waals surface area contributed by atoms with Crippen LogP contribution in [0.5, 0.6) is 0 Å². The van der Waals surface area contributed by atoms with Gasteiger partial charge in [-0.2, -0.15) is 4.98 Å². The van der Waals surface area contributed by atoms with Gasteiger partial charge >= 0.3 is 0 Å². The van der Waals surface area contributed by atoms with Crippen LogP contribution in [0.25, 0.3) is 0 Å². The molecule has 0 radical (unpaired) electrons. The topological polar surface area (TPSA) is 41.1 Å². The molecule has 0 aliphatic heterocycles. The monoisotopic (exact) mass is 298 g/mol. The Hall–Kier alpha value is -2.10. The molecule has 118 valence electrons. The van der Waals surface area contributed by atoms with Crippen LogP contribution in [0.15, 0.2) is 24.3 Å². The second-order valence-corrected chi connectivity index (χ2v) is 5.45. The third-order valence-electron chi connectivity index (χ3n) is 3.90. The van der Waals surface area contributed by atoms with Crippen molar-refractivity contribution < 1.29 is 0 Å². The van der Waals surface area contributed by atoms with Gasteiger partial charge in [0.15, 0.2) is 0 Å². The van der Waals surface area contributed by atoms with E-state index in [1.807, 2.05) is 13.0 Å². The molecular formula is C18H26N4. The van der Waals surface area contributed by atoms with Gasteiger partial charge < -0.3 is 10.2 Å². The largest absolute Gasteiger partial charge is 0.357 e. The number of nitrogens with zero attached hydrogens (tertiary/aromatic N) is 3. The zero-order valence-electron chi connectivity index (χ0n) is 14.3. The predicted molar refractivity (Wildman–Crippen MR) is 94.2 cm³/mol. The summed E-state index contributed by atoms with van der Waals surface area (Å²) in [6.07, 6.45) is 0.985. The second kappa shape index (κ2) is 7.25. The molecule has 1 aromatic carbocycles. The zero-order chi connectivity index (χ0) is 16.1. The summed E-state index contributed by atoms with van der Waals surface area (Å²) in [4.78, 5) is 11.5. The van der Waals surface area contributed by atoms with Crippen LogP contribution in [0.2, 0.25) is 0 Å². The average Bonchev–Trinajstić information content (AvgIpc) is 2.50. The van der Waals surface area contributed by atoms with Gasteiger partial charge in [0.05, 0.1) is 0 Å². The maximum Gasteiger partial charge on any atom is 0.229 e. The first-order chi connectivity index (χ1) is 10.6. The van der Waals surface area contributed by atoms with E-state index >= 15 is 0 Å². The van der Waals surface area contributed by atoms with Gasteiger partial charge in [-0.3, -0.25) is 0 Å². The van der Waals surface area contributed by atoms with Crippen LogP contribution in [0.1, 0.15) is 37.6 Å². The van der Waals surface area contributed by atoms with Crippen LogP contribution >= 0.6 is 0 Å². The zero-order valence-corrected chi connectivity index (χ0v) is 14.3. The van der Waals surface area contributed by atoms with Gasteiger partial charge in [0.2, 0.25) is 5.95 Å². The summed E-state index contributed by atoms with van der Waals surface area (Å²) in [6, 6.07) is 8.40. The number of aryl methyl sites for hydroxylation is 3. The quantitative estimate of drug-likeness (QED) is 0.865. The molecule has 0 bridgehead atoms. The fourth-order valence-electron chi connectivity index (χ4n) is 2.63. The molecule has 0 spiro atoms. The third-order valence-corrected chi connectivity index (χ3v) is 3.90. The van der Waals surface area contributed by atoms with E-state index in [1.54, 1.807) is 0 Å². The van der Waals surface area contributed by atoms with E-state index in [2.05, 4.69) is 61.1 Å². The molecule has 22 heavy (non-hydrogen) atoms. The Kier molecular flexibility index (Phi) is 5.36. The van der Waals surface area contributed by atoms with Crippen molar-refractivity contribution in [2.45, 2.75) is 41.0 Å². The lowest BCUT2D eigenvalue weighted by atomic mass is 10.1. The molecule has 4 nitrogen and oxygen atoms in total. The molecule has 0 amide bonds. The molecule has 2 rings (SSSR count). The number of rotatable bonds is 6. The third kappa shape index (κ3) is 3.56. The molecule has 1 N–H and O–H groups in total. The van der Waals surface area contributed by atoms with Gasteiger partial charge in [0.25, 0.3) is 0 Å². The summed E-state index contributed by atoms with van der Waals surface area (Å²) >= 11 is 0. The fourth-order valence-corrected chi connectivity index (χ4v) is 2.63. The summed E-state index contributed by atoms with van der Waals surface area (Å²) in [5.74, 6) is 1.65. The standard InChI is InChI=1S/C18H26N4/c1-6-15-11-9-10-13(4)17(15)21-18-19-14(5)12-16(20-18)22(7-2)8-3/h9-12H,6-8H2,1-5H3,(H,19,20,21). The van der Waals surface area contributed by atoms with E-state index in [9.17, 15) is 0 Å². The van der Waals surface area contributed by atoms with Crippen LogP contribution < -0.4 is 10.2 Å². The lowest BCUT2D eigenvalue weighted by Crippen LogP contribution is -2.23. The van der Waals surface area contributed by atoms with E-state index in [0.29, 0.717) is 5.95 Å². The van der Waals surface area contributed by atoms with Crippen molar-refractivity contribution >= 4 is 17.5 Å². The molecular weight excluding hydrogens is 272 g/mol. The minimum absolute atomic E-state index is 0.672. The highest BCUT2D eigenvalue weighted by Gasteiger charge is 2.10. The number of para-hydroxylation sites is 1. The van der Waals surface area contributed by atoms with E-state index in [-0.39, 0.29) is 0 Å². The van der Waals surface area contributed by atoms with Crippen LogP contribution in [0.4, 0.5) is 17.5 Å². The molecule has 0 saturated carbocycles. The smallest absolute Gasteiger partial charge is 0.229 e. The molecule has 0 aliphatic rings. The fraction of sp³-hybridized carbons (Fsp3) is 0.444. The molecule has 1 aromatic heterocycles. The predicted octanol–water partition coefficient (Wildman–Crippen LogP) is 4.25. The molecule has 2 aromatic rings. The van der Waals surface area contributed by atoms with Crippen LogP contribution in [0, 0.1) is 13.8 Å². The van der Waals surface area contributed by atoms with Crippen molar-refractivity contribution in [2.75, 3.05) is 23.3 Å². The van der Waals surface area contributed by atoms with Gasteiger partial charge in [-0.15, -0.1) is 0 Å². The van der Waals surface area contributed by atoms with Crippen LogP contribution in [-0.2, 0) is 6.42 Å². The summed E-state index contributed by atoms with van der Waals surface area (Å²) < 4.78 is 0. The molecule has 0 saturated heterocycles. The Balaban J connectivity index is 2.38. The Bertz CT molecular complexity index is 633. The number of aromatic nitrogens is 2. The van der Waals surface area contributed by atoms with Crippen molar-refractivity contribution in [1.29, 1.82) is 0 Å². The Morgan fingerprint density at radius 1 is 1.05 bits per heavy atom. The summed E-state index contributed by atoms with van der Waals surface area (Å²) in [6.45, 7) is 12.5. The number of hydrogen-bond acceptors (Lipinski definition) is 4. The second-order valence-electron chi connectivity index (χ2n) is 5.45. The molecule has 1 heterocycles. The maximum absolute atomic E-state index is 4.69. The first-order valence-electron chi connectivity index (χ1n) is 8.05. The van der Waals surface area contributed by atoms with Gasteiger partial charge in [0.1, 0.15) is 5.82 Å². The molecule has 0 unspecified atom stereocenters. The van der Waals surface area contributed by atoms with Crippen molar-refractivity contribution in [2.24, 2.45) is 0 Å². The minimum atomic E-state index is 0.672. The van der Waals surface area contributed by atoms with Gasteiger partial charge in [-0.05, 0) is 45.2 Å². The van der Waals surface area contributed by atoms with E-state index in [1.165, 1.54) is 11.1 Å². The SMILES string of the molecule is CCc1cccc(C)c1Nc1nc(C)cc(N(CC)CC)n1. The van der Waals surface area contributed by atoms with E-state index < -0.39 is 0 Å². The maximum atomic E-state index is 4.69. The van der Waals surface area contributed by atoms with Crippen molar-refractivity contribution in [3.8, 4) is 0 Å². The minimum Gasteiger partial charge on any atom is -0.357 e. The lowest BCUT2D eigenvalue weighted by Gasteiger charge is -2.21. The average molecular weight is 298 g/mol. The van der Waals surface area contributed by atoms with E-state index in [0.717, 1.165) is 36.7 Å². The van der Waals surface area contributed by atoms with Gasteiger partial charge in [0, 0.05) is 30.5 Å².